The third-order valence-electron chi connectivity index (χ3n) is 4.99. The molecule has 0 aliphatic rings. The Labute approximate surface area is 176 Å². The van der Waals surface area contributed by atoms with Gasteiger partial charge in [0.15, 0.2) is 0 Å². The minimum absolute atomic E-state index is 0.0951. The SMILES string of the molecule is CCCCC(CC)COc1ccc(Br)cc1Cn1nc(CCC(=O)O)cc1C. The lowest BCUT2D eigenvalue weighted by Crippen LogP contribution is -2.13. The molecule has 154 valence electrons. The molecule has 0 aliphatic heterocycles. The second-order valence-electron chi connectivity index (χ2n) is 7.31. The zero-order chi connectivity index (χ0) is 20.5. The molecule has 0 fully saturated rings. The van der Waals surface area contributed by atoms with Crippen LogP contribution in [0, 0.1) is 12.8 Å². The van der Waals surface area contributed by atoms with Gasteiger partial charge >= 0.3 is 5.97 Å². The molecular weight excluding hydrogens is 420 g/mol. The van der Waals surface area contributed by atoms with Crippen molar-refractivity contribution in [2.75, 3.05) is 6.61 Å². The van der Waals surface area contributed by atoms with E-state index >= 15 is 0 Å². The molecule has 0 amide bonds. The first-order valence-electron chi connectivity index (χ1n) is 10.1. The number of carbonyl (C=O) groups is 1. The number of hydrogen-bond acceptors (Lipinski definition) is 3. The second-order valence-corrected chi connectivity index (χ2v) is 8.22. The van der Waals surface area contributed by atoms with Crippen LogP contribution in [0.3, 0.4) is 0 Å². The highest BCUT2D eigenvalue weighted by Crippen LogP contribution is 2.26. The molecule has 6 heteroatoms. The molecule has 1 unspecified atom stereocenters. The van der Waals surface area contributed by atoms with E-state index in [9.17, 15) is 4.79 Å². The van der Waals surface area contributed by atoms with Crippen LogP contribution in [0.1, 0.15) is 62.9 Å². The van der Waals surface area contributed by atoms with Crippen molar-refractivity contribution in [2.24, 2.45) is 5.92 Å². The summed E-state index contributed by atoms with van der Waals surface area (Å²) in [5, 5.41) is 13.5. The maximum atomic E-state index is 10.8. The largest absolute Gasteiger partial charge is 0.493 e. The molecule has 0 bridgehead atoms. The number of hydrogen-bond donors (Lipinski definition) is 1. The molecule has 2 aromatic rings. The summed E-state index contributed by atoms with van der Waals surface area (Å²) in [6.45, 7) is 7.76. The quantitative estimate of drug-likeness (QED) is 0.455. The Morgan fingerprint density at radius 2 is 2.11 bits per heavy atom. The third kappa shape index (κ3) is 6.97. The fourth-order valence-corrected chi connectivity index (χ4v) is 3.58. The lowest BCUT2D eigenvalue weighted by molar-refractivity contribution is -0.136. The van der Waals surface area contributed by atoms with Crippen LogP contribution in [0.2, 0.25) is 0 Å². The van der Waals surface area contributed by atoms with E-state index in [1.165, 1.54) is 19.3 Å². The number of aryl methyl sites for hydroxylation is 2. The molecule has 1 aromatic heterocycles. The van der Waals surface area contributed by atoms with Gasteiger partial charge < -0.3 is 9.84 Å². The molecule has 1 atom stereocenters. The second kappa shape index (κ2) is 11.2. The van der Waals surface area contributed by atoms with E-state index in [4.69, 9.17) is 9.84 Å². The summed E-state index contributed by atoms with van der Waals surface area (Å²) in [7, 11) is 0. The predicted molar refractivity (Wildman–Crippen MR) is 115 cm³/mol. The number of ether oxygens (including phenoxy) is 1. The maximum Gasteiger partial charge on any atom is 0.303 e. The molecule has 5 nitrogen and oxygen atoms in total. The Kier molecular flexibility index (Phi) is 9.03. The average Bonchev–Trinajstić information content (AvgIpc) is 3.01. The molecule has 28 heavy (non-hydrogen) atoms. The van der Waals surface area contributed by atoms with E-state index in [2.05, 4.69) is 40.9 Å². The normalized spacial score (nSPS) is 12.1. The summed E-state index contributed by atoms with van der Waals surface area (Å²) in [6.07, 6.45) is 5.31. The third-order valence-corrected chi connectivity index (χ3v) is 5.48. The van der Waals surface area contributed by atoms with Crippen molar-refractivity contribution in [3.8, 4) is 5.75 Å². The predicted octanol–water partition coefficient (Wildman–Crippen LogP) is 5.61. The summed E-state index contributed by atoms with van der Waals surface area (Å²) in [5.74, 6) is 0.661. The minimum Gasteiger partial charge on any atom is -0.493 e. The van der Waals surface area contributed by atoms with Crippen LogP contribution in [-0.4, -0.2) is 27.5 Å². The van der Waals surface area contributed by atoms with Crippen molar-refractivity contribution in [1.82, 2.24) is 9.78 Å². The fraction of sp³-hybridized carbons (Fsp3) is 0.545. The molecule has 0 radical (unpaired) electrons. The Morgan fingerprint density at radius 1 is 1.32 bits per heavy atom. The molecular formula is C22H31BrN2O3. The maximum absolute atomic E-state index is 10.8. The van der Waals surface area contributed by atoms with E-state index in [1.807, 2.05) is 29.8 Å². The highest BCUT2D eigenvalue weighted by molar-refractivity contribution is 9.10. The van der Waals surface area contributed by atoms with Crippen molar-refractivity contribution in [3.63, 3.8) is 0 Å². The Morgan fingerprint density at radius 3 is 2.79 bits per heavy atom. The monoisotopic (exact) mass is 450 g/mol. The number of carboxylic acids is 1. The van der Waals surface area contributed by atoms with E-state index in [0.717, 1.165) is 40.2 Å². The van der Waals surface area contributed by atoms with Gasteiger partial charge in [-0.05, 0) is 43.5 Å². The van der Waals surface area contributed by atoms with Gasteiger partial charge in [0.25, 0.3) is 0 Å². The number of nitrogens with zero attached hydrogens (tertiary/aromatic N) is 2. The van der Waals surface area contributed by atoms with Gasteiger partial charge in [-0.3, -0.25) is 9.48 Å². The topological polar surface area (TPSA) is 64.4 Å². The lowest BCUT2D eigenvalue weighted by atomic mass is 10.0. The average molecular weight is 451 g/mol. The van der Waals surface area contributed by atoms with Gasteiger partial charge in [0, 0.05) is 22.2 Å². The minimum atomic E-state index is -0.802. The molecule has 0 saturated heterocycles. The summed E-state index contributed by atoms with van der Waals surface area (Å²) >= 11 is 3.55. The smallest absolute Gasteiger partial charge is 0.303 e. The van der Waals surface area contributed by atoms with Crippen molar-refractivity contribution in [1.29, 1.82) is 0 Å². The van der Waals surface area contributed by atoms with E-state index in [1.54, 1.807) is 0 Å². The number of aromatic nitrogens is 2. The molecule has 0 spiro atoms. The standard InChI is InChI=1S/C22H31BrN2O3/c1-4-6-7-17(5-2)15-28-21-10-8-19(23)13-18(21)14-25-16(3)12-20(24-25)9-11-22(26)27/h8,10,12-13,17H,4-7,9,11,14-15H2,1-3H3,(H,26,27). The van der Waals surface area contributed by atoms with Crippen molar-refractivity contribution < 1.29 is 14.6 Å². The number of unbranched alkanes of at least 4 members (excludes halogenated alkanes) is 1. The summed E-state index contributed by atoms with van der Waals surface area (Å²) < 4.78 is 9.12. The van der Waals surface area contributed by atoms with Crippen LogP contribution in [0.15, 0.2) is 28.7 Å². The van der Waals surface area contributed by atoms with Crippen LogP contribution < -0.4 is 4.74 Å². The first-order chi connectivity index (χ1) is 13.4. The van der Waals surface area contributed by atoms with Crippen LogP contribution in [0.5, 0.6) is 5.75 Å². The van der Waals surface area contributed by atoms with Crippen molar-refractivity contribution >= 4 is 21.9 Å². The van der Waals surface area contributed by atoms with Gasteiger partial charge in [-0.25, -0.2) is 0 Å². The van der Waals surface area contributed by atoms with Crippen LogP contribution in [-0.2, 0) is 17.8 Å². The highest BCUT2D eigenvalue weighted by Gasteiger charge is 2.13. The molecule has 1 heterocycles. The Hall–Kier alpha value is -1.82. The van der Waals surface area contributed by atoms with Crippen LogP contribution >= 0.6 is 15.9 Å². The zero-order valence-electron chi connectivity index (χ0n) is 17.1. The van der Waals surface area contributed by atoms with Crippen molar-refractivity contribution in [2.45, 2.75) is 65.8 Å². The number of halogens is 1. The number of benzene rings is 1. The molecule has 1 aromatic carbocycles. The van der Waals surface area contributed by atoms with Crippen molar-refractivity contribution in [3.05, 3.63) is 45.7 Å². The zero-order valence-corrected chi connectivity index (χ0v) is 18.7. The molecule has 2 rings (SSSR count). The first-order valence-corrected chi connectivity index (χ1v) is 10.9. The van der Waals surface area contributed by atoms with Gasteiger partial charge in [0.2, 0.25) is 0 Å². The van der Waals surface area contributed by atoms with Gasteiger partial charge in [-0.15, -0.1) is 0 Å². The van der Waals surface area contributed by atoms with Gasteiger partial charge in [-0.2, -0.15) is 5.10 Å². The molecule has 1 N–H and O–H groups in total. The Bertz CT molecular complexity index is 773. The highest BCUT2D eigenvalue weighted by atomic mass is 79.9. The van der Waals surface area contributed by atoms with Gasteiger partial charge in [-0.1, -0.05) is 49.0 Å². The molecule has 0 saturated carbocycles. The van der Waals surface area contributed by atoms with Crippen LogP contribution in [0.25, 0.3) is 0 Å². The van der Waals surface area contributed by atoms with E-state index in [-0.39, 0.29) is 6.42 Å². The van der Waals surface area contributed by atoms with Gasteiger partial charge in [0.1, 0.15) is 5.75 Å². The fourth-order valence-electron chi connectivity index (χ4n) is 3.18. The van der Waals surface area contributed by atoms with Gasteiger partial charge in [0.05, 0.1) is 25.3 Å². The van der Waals surface area contributed by atoms with E-state index in [0.29, 0.717) is 18.9 Å². The number of rotatable bonds is 12. The number of carboxylic acid groups (broad SMARTS) is 1. The summed E-state index contributed by atoms with van der Waals surface area (Å²) in [4.78, 5) is 10.8. The van der Waals surface area contributed by atoms with Crippen LogP contribution in [0.4, 0.5) is 0 Å². The summed E-state index contributed by atoms with van der Waals surface area (Å²) in [5.41, 5.74) is 2.89. The first kappa shape index (κ1) is 22.5. The Balaban J connectivity index is 2.10. The van der Waals surface area contributed by atoms with E-state index < -0.39 is 5.97 Å². The lowest BCUT2D eigenvalue weighted by Gasteiger charge is -2.18. The summed E-state index contributed by atoms with van der Waals surface area (Å²) in [6, 6.07) is 8.04. The number of aliphatic carboxylic acids is 1. The molecule has 0 aliphatic carbocycles.